The first-order chi connectivity index (χ1) is 17.1. The van der Waals surface area contributed by atoms with E-state index in [0.717, 1.165) is 53.0 Å². The lowest BCUT2D eigenvalue weighted by atomic mass is 9.97. The summed E-state index contributed by atoms with van der Waals surface area (Å²) < 4.78 is 7.17. The molecule has 0 saturated carbocycles. The van der Waals surface area contributed by atoms with Crippen molar-refractivity contribution in [3.63, 3.8) is 0 Å². The maximum atomic E-state index is 13.0. The van der Waals surface area contributed by atoms with Crippen molar-refractivity contribution in [2.75, 3.05) is 0 Å². The van der Waals surface area contributed by atoms with Crippen LogP contribution in [0.2, 0.25) is 0 Å². The standard InChI is InChI=1S/C27H26N4O3S/c1-18-6-8-20(9-7-18)16-34-21-12-10-19(11-13-21)14-29-30-24(32)15-31-17-28-26-25(27(31)33)22-4-2-3-5-23(22)35-26/h6-14,17H,2-5,15-16H2,1H3,(H,30,32)/b29-14-. The Bertz CT molecular complexity index is 1440. The Morgan fingerprint density at radius 2 is 1.91 bits per heavy atom. The third-order valence-corrected chi connectivity index (χ3v) is 7.26. The highest BCUT2D eigenvalue weighted by Crippen LogP contribution is 2.33. The number of hydrogen-bond acceptors (Lipinski definition) is 6. The summed E-state index contributed by atoms with van der Waals surface area (Å²) >= 11 is 1.60. The second-order valence-corrected chi connectivity index (χ2v) is 9.79. The average molecular weight is 487 g/mol. The number of nitrogens with zero attached hydrogens (tertiary/aromatic N) is 3. The monoisotopic (exact) mass is 486 g/mol. The molecule has 0 spiro atoms. The van der Waals surface area contributed by atoms with Gasteiger partial charge in [-0.2, -0.15) is 5.10 Å². The van der Waals surface area contributed by atoms with Crippen molar-refractivity contribution >= 4 is 33.7 Å². The van der Waals surface area contributed by atoms with E-state index in [2.05, 4.69) is 46.7 Å². The Kier molecular flexibility index (Phi) is 6.72. The molecule has 2 aromatic carbocycles. The molecule has 0 unspecified atom stereocenters. The first-order valence-electron chi connectivity index (χ1n) is 11.7. The number of hydrogen-bond donors (Lipinski definition) is 1. The highest BCUT2D eigenvalue weighted by atomic mass is 32.1. The van der Waals surface area contributed by atoms with E-state index in [1.807, 2.05) is 24.3 Å². The summed E-state index contributed by atoms with van der Waals surface area (Å²) in [4.78, 5) is 31.8. The van der Waals surface area contributed by atoms with Crippen molar-refractivity contribution in [3.05, 3.63) is 92.3 Å². The number of ether oxygens (including phenoxy) is 1. The summed E-state index contributed by atoms with van der Waals surface area (Å²) in [6, 6.07) is 15.7. The van der Waals surface area contributed by atoms with Crippen LogP contribution in [0.15, 0.2) is 64.8 Å². The second kappa shape index (κ2) is 10.2. The first-order valence-corrected chi connectivity index (χ1v) is 12.5. The Balaban J connectivity index is 1.16. The molecule has 1 N–H and O–H groups in total. The molecule has 0 aliphatic heterocycles. The number of thiophene rings is 1. The first kappa shape index (κ1) is 23.0. The van der Waals surface area contributed by atoms with Gasteiger partial charge in [0, 0.05) is 4.88 Å². The zero-order chi connectivity index (χ0) is 24.2. The summed E-state index contributed by atoms with van der Waals surface area (Å²) in [7, 11) is 0. The summed E-state index contributed by atoms with van der Waals surface area (Å²) in [5.74, 6) is 0.372. The molecule has 0 saturated heterocycles. The van der Waals surface area contributed by atoms with Crippen molar-refractivity contribution in [2.24, 2.45) is 5.10 Å². The molecule has 1 aliphatic carbocycles. The number of amides is 1. The topological polar surface area (TPSA) is 85.6 Å². The number of aryl methyl sites for hydroxylation is 3. The van der Waals surface area contributed by atoms with E-state index in [0.29, 0.717) is 12.0 Å². The van der Waals surface area contributed by atoms with E-state index < -0.39 is 0 Å². The summed E-state index contributed by atoms with van der Waals surface area (Å²) in [6.45, 7) is 2.42. The van der Waals surface area contributed by atoms with Crippen molar-refractivity contribution in [2.45, 2.75) is 45.8 Å². The highest BCUT2D eigenvalue weighted by Gasteiger charge is 2.20. The minimum absolute atomic E-state index is 0.129. The molecule has 178 valence electrons. The number of carbonyl (C=O) groups is 1. The smallest absolute Gasteiger partial charge is 0.262 e. The molecule has 35 heavy (non-hydrogen) atoms. The van der Waals surface area contributed by atoms with Crippen LogP contribution in [-0.2, 0) is 30.8 Å². The molecule has 1 amide bonds. The van der Waals surface area contributed by atoms with E-state index in [4.69, 9.17) is 4.74 Å². The van der Waals surface area contributed by atoms with Crippen LogP contribution < -0.4 is 15.7 Å². The van der Waals surface area contributed by atoms with Crippen LogP contribution in [0.1, 0.15) is 40.0 Å². The zero-order valence-corrected chi connectivity index (χ0v) is 20.3. The van der Waals surface area contributed by atoms with Crippen molar-refractivity contribution < 1.29 is 9.53 Å². The molecule has 0 bridgehead atoms. The van der Waals surface area contributed by atoms with Gasteiger partial charge in [0.2, 0.25) is 0 Å². The van der Waals surface area contributed by atoms with Crippen LogP contribution in [-0.4, -0.2) is 21.7 Å². The fraction of sp³-hybridized carbons (Fsp3) is 0.259. The molecule has 4 aromatic rings. The summed E-state index contributed by atoms with van der Waals surface area (Å²) in [5.41, 5.74) is 6.60. The minimum atomic E-state index is -0.383. The van der Waals surface area contributed by atoms with Gasteiger partial charge in [-0.1, -0.05) is 29.8 Å². The predicted octanol–water partition coefficient (Wildman–Crippen LogP) is 4.37. The van der Waals surface area contributed by atoms with Crippen LogP contribution in [0.25, 0.3) is 10.2 Å². The Hall–Kier alpha value is -3.78. The SMILES string of the molecule is Cc1ccc(COc2ccc(/C=N\NC(=O)Cn3cnc4sc5c(c4c3=O)CCCC5)cc2)cc1. The van der Waals surface area contributed by atoms with E-state index in [-0.39, 0.29) is 18.0 Å². The maximum Gasteiger partial charge on any atom is 0.262 e. The fourth-order valence-corrected chi connectivity index (χ4v) is 5.38. The van der Waals surface area contributed by atoms with Gasteiger partial charge in [0.05, 0.1) is 17.9 Å². The van der Waals surface area contributed by atoms with Crippen LogP contribution in [0.3, 0.4) is 0 Å². The average Bonchev–Trinajstić information content (AvgIpc) is 3.26. The number of hydrazone groups is 1. The van der Waals surface area contributed by atoms with Gasteiger partial charge in [-0.05, 0) is 73.6 Å². The Morgan fingerprint density at radius 3 is 2.71 bits per heavy atom. The number of rotatable bonds is 7. The van der Waals surface area contributed by atoms with E-state index in [1.54, 1.807) is 17.6 Å². The van der Waals surface area contributed by atoms with Gasteiger partial charge in [0.25, 0.3) is 11.5 Å². The van der Waals surface area contributed by atoms with E-state index >= 15 is 0 Å². The third kappa shape index (κ3) is 5.33. The molecular weight excluding hydrogens is 460 g/mol. The molecule has 2 heterocycles. The second-order valence-electron chi connectivity index (χ2n) is 8.71. The molecule has 0 fully saturated rings. The van der Waals surface area contributed by atoms with Crippen LogP contribution in [0.5, 0.6) is 5.75 Å². The molecule has 0 radical (unpaired) electrons. The fourth-order valence-electron chi connectivity index (χ4n) is 4.16. The molecule has 2 aromatic heterocycles. The van der Waals surface area contributed by atoms with Crippen molar-refractivity contribution in [1.82, 2.24) is 15.0 Å². The van der Waals surface area contributed by atoms with E-state index in [1.165, 1.54) is 21.3 Å². The van der Waals surface area contributed by atoms with Crippen molar-refractivity contribution in [1.29, 1.82) is 0 Å². The molecule has 0 atom stereocenters. The molecule has 1 aliphatic rings. The van der Waals surface area contributed by atoms with Gasteiger partial charge in [-0.3, -0.25) is 14.2 Å². The van der Waals surface area contributed by atoms with Crippen LogP contribution >= 0.6 is 11.3 Å². The lowest BCUT2D eigenvalue weighted by Gasteiger charge is -2.10. The van der Waals surface area contributed by atoms with E-state index in [9.17, 15) is 9.59 Å². The minimum Gasteiger partial charge on any atom is -0.489 e. The molecule has 5 rings (SSSR count). The highest BCUT2D eigenvalue weighted by molar-refractivity contribution is 7.18. The number of aromatic nitrogens is 2. The van der Waals surface area contributed by atoms with Gasteiger partial charge < -0.3 is 4.74 Å². The quantitative estimate of drug-likeness (QED) is 0.310. The molecular formula is C27H26N4O3S. The van der Waals surface area contributed by atoms with Crippen LogP contribution in [0, 0.1) is 6.92 Å². The molecule has 8 heteroatoms. The lowest BCUT2D eigenvalue weighted by molar-refractivity contribution is -0.121. The number of nitrogens with one attached hydrogen (secondary N) is 1. The van der Waals surface area contributed by atoms with Crippen molar-refractivity contribution in [3.8, 4) is 5.75 Å². The van der Waals surface area contributed by atoms with Crippen LogP contribution in [0.4, 0.5) is 0 Å². The lowest BCUT2D eigenvalue weighted by Crippen LogP contribution is -2.30. The zero-order valence-electron chi connectivity index (χ0n) is 19.5. The van der Waals surface area contributed by atoms with Gasteiger partial charge in [0.1, 0.15) is 23.7 Å². The largest absolute Gasteiger partial charge is 0.489 e. The third-order valence-electron chi connectivity index (χ3n) is 6.06. The number of fused-ring (bicyclic) bond motifs is 3. The maximum absolute atomic E-state index is 13.0. The predicted molar refractivity (Wildman–Crippen MR) is 138 cm³/mol. The number of benzene rings is 2. The van der Waals surface area contributed by atoms with Gasteiger partial charge in [-0.15, -0.1) is 11.3 Å². The normalized spacial score (nSPS) is 13.2. The van der Waals surface area contributed by atoms with Gasteiger partial charge in [0.15, 0.2) is 0 Å². The van der Waals surface area contributed by atoms with Gasteiger partial charge in [-0.25, -0.2) is 10.4 Å². The summed E-state index contributed by atoms with van der Waals surface area (Å²) in [5, 5.41) is 4.70. The van der Waals surface area contributed by atoms with Gasteiger partial charge >= 0.3 is 0 Å². The molecule has 7 nitrogen and oxygen atoms in total. The summed E-state index contributed by atoms with van der Waals surface area (Å²) in [6.07, 6.45) is 7.15. The Morgan fingerprint density at radius 1 is 1.14 bits per heavy atom. The Labute approximate surface area is 207 Å². The number of carbonyl (C=O) groups excluding carboxylic acids is 1.